The van der Waals surface area contributed by atoms with Crippen LogP contribution in [-0.4, -0.2) is 48.1 Å². The van der Waals surface area contributed by atoms with Gasteiger partial charge in [-0.2, -0.15) is 5.26 Å². The first-order valence-electron chi connectivity index (χ1n) is 7.83. The van der Waals surface area contributed by atoms with Gasteiger partial charge in [-0.15, -0.1) is 0 Å². The van der Waals surface area contributed by atoms with Gasteiger partial charge in [-0.05, 0) is 44.5 Å². The molecule has 1 aliphatic heterocycles. The summed E-state index contributed by atoms with van der Waals surface area (Å²) in [5.41, 5.74) is 1.21. The summed E-state index contributed by atoms with van der Waals surface area (Å²) in [4.78, 5) is 16.6. The van der Waals surface area contributed by atoms with E-state index in [0.717, 1.165) is 25.9 Å². The number of urea groups is 1. The van der Waals surface area contributed by atoms with Crippen LogP contribution in [0.5, 0.6) is 0 Å². The topological polar surface area (TPSA) is 59.4 Å². The van der Waals surface area contributed by atoms with Crippen LogP contribution in [-0.2, 0) is 0 Å². The Bertz CT molecular complexity index is 566. The molecular formula is C17H24N4O. The van der Waals surface area contributed by atoms with E-state index in [9.17, 15) is 4.79 Å². The highest BCUT2D eigenvalue weighted by molar-refractivity contribution is 5.89. The van der Waals surface area contributed by atoms with Gasteiger partial charge in [-0.1, -0.05) is 13.0 Å². The van der Waals surface area contributed by atoms with Crippen molar-refractivity contribution in [1.29, 1.82) is 5.26 Å². The molecule has 2 rings (SSSR count). The largest absolute Gasteiger partial charge is 0.325 e. The van der Waals surface area contributed by atoms with E-state index < -0.39 is 0 Å². The molecule has 118 valence electrons. The summed E-state index contributed by atoms with van der Waals surface area (Å²) < 4.78 is 0. The van der Waals surface area contributed by atoms with Crippen LogP contribution in [0.15, 0.2) is 24.3 Å². The number of hydrogen-bond donors (Lipinski definition) is 1. The Balaban J connectivity index is 1.96. The predicted octanol–water partition coefficient (Wildman–Crippen LogP) is 2.89. The van der Waals surface area contributed by atoms with Gasteiger partial charge in [-0.3, -0.25) is 0 Å². The highest BCUT2D eigenvalue weighted by Crippen LogP contribution is 2.21. The van der Waals surface area contributed by atoms with Gasteiger partial charge in [-0.25, -0.2) is 4.79 Å². The van der Waals surface area contributed by atoms with E-state index in [-0.39, 0.29) is 12.1 Å². The molecule has 1 N–H and O–H groups in total. The number of nitrogens with one attached hydrogen (secondary N) is 1. The number of benzene rings is 1. The first-order chi connectivity index (χ1) is 10.5. The third-order valence-corrected chi connectivity index (χ3v) is 4.50. The van der Waals surface area contributed by atoms with Crippen LogP contribution in [0.25, 0.3) is 0 Å². The minimum Gasteiger partial charge on any atom is -0.325 e. The molecule has 0 aliphatic carbocycles. The molecule has 1 saturated heterocycles. The lowest BCUT2D eigenvalue weighted by molar-refractivity contribution is 0.104. The van der Waals surface area contributed by atoms with E-state index in [4.69, 9.17) is 5.26 Å². The van der Waals surface area contributed by atoms with E-state index in [1.165, 1.54) is 0 Å². The number of nitrogens with zero attached hydrogens (tertiary/aromatic N) is 3. The first-order valence-corrected chi connectivity index (χ1v) is 7.83. The highest BCUT2D eigenvalue weighted by Gasteiger charge is 2.29. The summed E-state index contributed by atoms with van der Waals surface area (Å²) >= 11 is 0. The van der Waals surface area contributed by atoms with Crippen LogP contribution in [0, 0.1) is 11.3 Å². The maximum atomic E-state index is 12.4. The van der Waals surface area contributed by atoms with Gasteiger partial charge < -0.3 is 15.1 Å². The van der Waals surface area contributed by atoms with Crippen LogP contribution >= 0.6 is 0 Å². The van der Waals surface area contributed by atoms with Crippen LogP contribution in [0.2, 0.25) is 0 Å². The molecule has 5 heteroatoms. The standard InChI is InChI=1S/C17H24N4O/c1-4-21-9-8-16(10-13(21)2)20(3)17(22)19-15-7-5-6-14(11-15)12-18/h5-7,11,13,16H,4,8-10H2,1-3H3,(H,19,22)/t13-,16-/m0/s1. The molecular weight excluding hydrogens is 276 g/mol. The lowest BCUT2D eigenvalue weighted by Gasteiger charge is -2.40. The van der Waals surface area contributed by atoms with Gasteiger partial charge >= 0.3 is 6.03 Å². The lowest BCUT2D eigenvalue weighted by atomic mass is 9.97. The van der Waals surface area contributed by atoms with E-state index in [2.05, 4.69) is 30.1 Å². The number of carbonyl (C=O) groups excluding carboxylic acids is 1. The normalized spacial score (nSPS) is 21.9. The summed E-state index contributed by atoms with van der Waals surface area (Å²) in [6.07, 6.45) is 2.00. The van der Waals surface area contributed by atoms with Crippen molar-refractivity contribution in [2.45, 2.75) is 38.8 Å². The minimum absolute atomic E-state index is 0.114. The summed E-state index contributed by atoms with van der Waals surface area (Å²) in [6.45, 7) is 6.49. The average molecular weight is 300 g/mol. The highest BCUT2D eigenvalue weighted by atomic mass is 16.2. The molecule has 2 amide bonds. The van der Waals surface area contributed by atoms with Crippen molar-refractivity contribution in [1.82, 2.24) is 9.80 Å². The maximum absolute atomic E-state index is 12.4. The molecule has 1 aromatic carbocycles. The Labute approximate surface area is 132 Å². The molecule has 0 bridgehead atoms. The number of piperidine rings is 1. The number of carbonyl (C=O) groups is 1. The predicted molar refractivity (Wildman–Crippen MR) is 87.7 cm³/mol. The van der Waals surface area contributed by atoms with Crippen molar-refractivity contribution in [3.05, 3.63) is 29.8 Å². The van der Waals surface area contributed by atoms with Crippen molar-refractivity contribution in [3.63, 3.8) is 0 Å². The molecule has 1 heterocycles. The van der Waals surface area contributed by atoms with E-state index >= 15 is 0 Å². The Hall–Kier alpha value is -2.06. The smallest absolute Gasteiger partial charge is 0.321 e. The summed E-state index contributed by atoms with van der Waals surface area (Å²) in [6, 6.07) is 9.71. The minimum atomic E-state index is -0.114. The SMILES string of the molecule is CCN1CC[C@H](N(C)C(=O)Nc2cccc(C#N)c2)C[C@@H]1C. The number of nitriles is 1. The first kappa shape index (κ1) is 16.3. The van der Waals surface area contributed by atoms with Crippen LogP contribution < -0.4 is 5.32 Å². The molecule has 0 spiro atoms. The van der Waals surface area contributed by atoms with Gasteiger partial charge in [0.2, 0.25) is 0 Å². The van der Waals surface area contributed by atoms with Crippen LogP contribution in [0.4, 0.5) is 10.5 Å². The molecule has 0 aromatic heterocycles. The second-order valence-electron chi connectivity index (χ2n) is 5.89. The molecule has 1 fully saturated rings. The second-order valence-corrected chi connectivity index (χ2v) is 5.89. The molecule has 2 atom stereocenters. The van der Waals surface area contributed by atoms with Crippen molar-refractivity contribution in [2.24, 2.45) is 0 Å². The Morgan fingerprint density at radius 1 is 1.55 bits per heavy atom. The number of hydrogen-bond acceptors (Lipinski definition) is 3. The third-order valence-electron chi connectivity index (χ3n) is 4.50. The Kier molecular flexibility index (Phi) is 5.40. The molecule has 5 nitrogen and oxygen atoms in total. The van der Waals surface area contributed by atoms with Crippen LogP contribution in [0.1, 0.15) is 32.3 Å². The number of amides is 2. The van der Waals surface area contributed by atoms with Gasteiger partial charge in [0.15, 0.2) is 0 Å². The Morgan fingerprint density at radius 2 is 2.32 bits per heavy atom. The fourth-order valence-corrected chi connectivity index (χ4v) is 3.06. The molecule has 0 radical (unpaired) electrons. The summed E-state index contributed by atoms with van der Waals surface area (Å²) in [5, 5.41) is 11.8. The van der Waals surface area contributed by atoms with Crippen molar-refractivity contribution in [3.8, 4) is 6.07 Å². The monoisotopic (exact) mass is 300 g/mol. The van der Waals surface area contributed by atoms with Gasteiger partial charge in [0.25, 0.3) is 0 Å². The maximum Gasteiger partial charge on any atom is 0.321 e. The second kappa shape index (κ2) is 7.28. The zero-order chi connectivity index (χ0) is 16.1. The molecule has 0 unspecified atom stereocenters. The zero-order valence-electron chi connectivity index (χ0n) is 13.5. The number of anilines is 1. The summed E-state index contributed by atoms with van der Waals surface area (Å²) in [5.74, 6) is 0. The fourth-order valence-electron chi connectivity index (χ4n) is 3.06. The van der Waals surface area contributed by atoms with E-state index in [1.807, 2.05) is 7.05 Å². The van der Waals surface area contributed by atoms with Gasteiger partial charge in [0.05, 0.1) is 11.6 Å². The quantitative estimate of drug-likeness (QED) is 0.933. The number of rotatable bonds is 3. The van der Waals surface area contributed by atoms with Crippen molar-refractivity contribution < 1.29 is 4.79 Å². The van der Waals surface area contributed by atoms with Crippen molar-refractivity contribution in [2.75, 3.05) is 25.5 Å². The van der Waals surface area contributed by atoms with Crippen LogP contribution in [0.3, 0.4) is 0 Å². The van der Waals surface area contributed by atoms with E-state index in [1.54, 1.807) is 29.2 Å². The average Bonchev–Trinajstić information content (AvgIpc) is 2.54. The van der Waals surface area contributed by atoms with Gasteiger partial charge in [0, 0.05) is 31.4 Å². The Morgan fingerprint density at radius 3 is 2.95 bits per heavy atom. The van der Waals surface area contributed by atoms with E-state index in [0.29, 0.717) is 17.3 Å². The number of likely N-dealkylation sites (tertiary alicyclic amines) is 1. The van der Waals surface area contributed by atoms with Gasteiger partial charge in [0.1, 0.15) is 0 Å². The molecule has 1 aromatic rings. The zero-order valence-corrected chi connectivity index (χ0v) is 13.5. The summed E-state index contributed by atoms with van der Waals surface area (Å²) in [7, 11) is 1.85. The molecule has 22 heavy (non-hydrogen) atoms. The van der Waals surface area contributed by atoms with Crippen molar-refractivity contribution >= 4 is 11.7 Å². The molecule has 1 aliphatic rings. The third kappa shape index (κ3) is 3.77. The fraction of sp³-hybridized carbons (Fsp3) is 0.529. The molecule has 0 saturated carbocycles. The lowest BCUT2D eigenvalue weighted by Crippen LogP contribution is -2.50.